The number of halogens is 2. The van der Waals surface area contributed by atoms with E-state index < -0.39 is 17.8 Å². The van der Waals surface area contributed by atoms with E-state index in [1.165, 1.54) is 28.9 Å². The minimum Gasteiger partial charge on any atom is -0.344 e. The Morgan fingerprint density at radius 3 is 2.58 bits per heavy atom. The van der Waals surface area contributed by atoms with Crippen molar-refractivity contribution >= 4 is 21.8 Å². The second kappa shape index (κ2) is 7.61. The molecular weight excluding hydrogens is 401 g/mol. The molecule has 0 aliphatic heterocycles. The molecule has 0 spiro atoms. The summed E-state index contributed by atoms with van der Waals surface area (Å²) in [6.07, 6.45) is 0. The van der Waals surface area contributed by atoms with Crippen LogP contribution in [0.2, 0.25) is 0 Å². The molecule has 3 rings (SSSR count). The van der Waals surface area contributed by atoms with Crippen molar-refractivity contribution < 1.29 is 9.18 Å². The molecule has 0 bridgehead atoms. The van der Waals surface area contributed by atoms with Gasteiger partial charge in [-0.05, 0) is 48.9 Å². The first-order valence-corrected chi connectivity index (χ1v) is 8.66. The summed E-state index contributed by atoms with van der Waals surface area (Å²) in [6.45, 7) is 1.74. The van der Waals surface area contributed by atoms with Crippen LogP contribution in [0.1, 0.15) is 29.0 Å². The number of benzene rings is 2. The average Bonchev–Trinajstić information content (AvgIpc) is 2.62. The average molecular weight is 416 g/mol. The summed E-state index contributed by atoms with van der Waals surface area (Å²) in [6, 6.07) is 15.5. The van der Waals surface area contributed by atoms with Crippen LogP contribution in [0.5, 0.6) is 0 Å². The molecule has 1 unspecified atom stereocenters. The van der Waals surface area contributed by atoms with Crippen molar-refractivity contribution in [3.63, 3.8) is 0 Å². The fourth-order valence-electron chi connectivity index (χ4n) is 2.47. The number of para-hydroxylation sites is 1. The van der Waals surface area contributed by atoms with Gasteiger partial charge in [0.1, 0.15) is 11.5 Å². The molecule has 0 fully saturated rings. The number of carbonyl (C=O) groups excluding carboxylic acids is 1. The standard InChI is InChI=1S/C19H15BrFN3O2/c1-12(13-9-14(20)11-15(21)10-13)22-19(26)17-7-8-18(25)24(23-17)16-5-3-2-4-6-16/h2-12H,1H3,(H,22,26). The molecule has 0 radical (unpaired) electrons. The Morgan fingerprint density at radius 2 is 1.88 bits per heavy atom. The lowest BCUT2D eigenvalue weighted by atomic mass is 10.1. The molecule has 2 aromatic carbocycles. The quantitative estimate of drug-likeness (QED) is 0.707. The highest BCUT2D eigenvalue weighted by atomic mass is 79.9. The summed E-state index contributed by atoms with van der Waals surface area (Å²) >= 11 is 3.23. The molecule has 1 N–H and O–H groups in total. The Balaban J connectivity index is 1.85. The maximum atomic E-state index is 13.5. The molecular formula is C19H15BrFN3O2. The number of rotatable bonds is 4. The lowest BCUT2D eigenvalue weighted by molar-refractivity contribution is 0.0933. The van der Waals surface area contributed by atoms with Gasteiger partial charge in [-0.3, -0.25) is 9.59 Å². The minimum absolute atomic E-state index is 0.0933. The van der Waals surface area contributed by atoms with Gasteiger partial charge in [0.05, 0.1) is 11.7 Å². The Bertz CT molecular complexity index is 985. The predicted molar refractivity (Wildman–Crippen MR) is 99.8 cm³/mol. The fraction of sp³-hybridized carbons (Fsp3) is 0.105. The van der Waals surface area contributed by atoms with Gasteiger partial charge in [0.2, 0.25) is 0 Å². The number of hydrogen-bond donors (Lipinski definition) is 1. The Kier molecular flexibility index (Phi) is 5.27. The summed E-state index contributed by atoms with van der Waals surface area (Å²) in [5.41, 5.74) is 0.932. The number of hydrogen-bond acceptors (Lipinski definition) is 3. The molecule has 26 heavy (non-hydrogen) atoms. The molecule has 0 saturated carbocycles. The third-order valence-electron chi connectivity index (χ3n) is 3.77. The maximum absolute atomic E-state index is 13.5. The summed E-state index contributed by atoms with van der Waals surface area (Å²) in [5.74, 6) is -0.853. The summed E-state index contributed by atoms with van der Waals surface area (Å²) < 4.78 is 15.3. The van der Waals surface area contributed by atoms with Gasteiger partial charge in [0, 0.05) is 10.5 Å². The van der Waals surface area contributed by atoms with E-state index >= 15 is 0 Å². The van der Waals surface area contributed by atoms with Crippen LogP contribution < -0.4 is 10.9 Å². The molecule has 0 aliphatic carbocycles. The first kappa shape index (κ1) is 18.0. The number of amides is 1. The molecule has 7 heteroatoms. The highest BCUT2D eigenvalue weighted by Crippen LogP contribution is 2.20. The molecule has 1 atom stereocenters. The van der Waals surface area contributed by atoms with Crippen molar-refractivity contribution in [1.82, 2.24) is 15.1 Å². The van der Waals surface area contributed by atoms with E-state index in [0.29, 0.717) is 15.7 Å². The monoisotopic (exact) mass is 415 g/mol. The Hall–Kier alpha value is -2.80. The van der Waals surface area contributed by atoms with Crippen LogP contribution in [0, 0.1) is 5.82 Å². The van der Waals surface area contributed by atoms with Gasteiger partial charge in [0.25, 0.3) is 11.5 Å². The summed E-state index contributed by atoms with van der Waals surface area (Å²) in [5, 5.41) is 6.89. The van der Waals surface area contributed by atoms with Crippen LogP contribution >= 0.6 is 15.9 Å². The van der Waals surface area contributed by atoms with Crippen LogP contribution in [-0.2, 0) is 0 Å². The molecule has 0 saturated heterocycles. The van der Waals surface area contributed by atoms with Crippen molar-refractivity contribution in [3.05, 3.63) is 92.6 Å². The third kappa shape index (κ3) is 4.05. The zero-order valence-electron chi connectivity index (χ0n) is 13.8. The van der Waals surface area contributed by atoms with Crippen molar-refractivity contribution in [1.29, 1.82) is 0 Å². The predicted octanol–water partition coefficient (Wildman–Crippen LogP) is 3.63. The van der Waals surface area contributed by atoms with Crippen molar-refractivity contribution in [2.75, 3.05) is 0 Å². The normalized spacial score (nSPS) is 11.8. The van der Waals surface area contributed by atoms with E-state index in [0.717, 1.165) is 0 Å². The summed E-state index contributed by atoms with van der Waals surface area (Å²) in [4.78, 5) is 24.5. The lowest BCUT2D eigenvalue weighted by Gasteiger charge is -2.15. The molecule has 1 amide bonds. The Morgan fingerprint density at radius 1 is 1.15 bits per heavy atom. The smallest absolute Gasteiger partial charge is 0.272 e. The maximum Gasteiger partial charge on any atom is 0.272 e. The first-order valence-electron chi connectivity index (χ1n) is 7.87. The van der Waals surface area contributed by atoms with Crippen molar-refractivity contribution in [2.24, 2.45) is 0 Å². The minimum atomic E-state index is -0.456. The SMILES string of the molecule is CC(NC(=O)c1ccc(=O)n(-c2ccccc2)n1)c1cc(F)cc(Br)c1. The molecule has 132 valence electrons. The first-order chi connectivity index (χ1) is 12.4. The van der Waals surface area contributed by atoms with Crippen LogP contribution in [0.25, 0.3) is 5.69 Å². The van der Waals surface area contributed by atoms with Gasteiger partial charge < -0.3 is 5.32 Å². The van der Waals surface area contributed by atoms with E-state index in [9.17, 15) is 14.0 Å². The molecule has 1 aromatic heterocycles. The van der Waals surface area contributed by atoms with Gasteiger partial charge in [-0.2, -0.15) is 9.78 Å². The topological polar surface area (TPSA) is 64.0 Å². The van der Waals surface area contributed by atoms with Crippen molar-refractivity contribution in [3.8, 4) is 5.69 Å². The van der Waals surface area contributed by atoms with Crippen LogP contribution in [0.4, 0.5) is 4.39 Å². The fourth-order valence-corrected chi connectivity index (χ4v) is 2.95. The highest BCUT2D eigenvalue weighted by Gasteiger charge is 2.15. The Labute approximate surface area is 157 Å². The van der Waals surface area contributed by atoms with Crippen LogP contribution in [0.3, 0.4) is 0 Å². The van der Waals surface area contributed by atoms with E-state index in [2.05, 4.69) is 26.3 Å². The largest absolute Gasteiger partial charge is 0.344 e. The number of aromatic nitrogens is 2. The molecule has 5 nitrogen and oxygen atoms in total. The van der Waals surface area contributed by atoms with E-state index in [-0.39, 0.29) is 11.3 Å². The lowest BCUT2D eigenvalue weighted by Crippen LogP contribution is -2.30. The van der Waals surface area contributed by atoms with Gasteiger partial charge in [-0.15, -0.1) is 0 Å². The molecule has 3 aromatic rings. The van der Waals surface area contributed by atoms with Gasteiger partial charge in [-0.1, -0.05) is 34.1 Å². The van der Waals surface area contributed by atoms with Gasteiger partial charge in [-0.25, -0.2) is 4.39 Å². The molecule has 1 heterocycles. The zero-order chi connectivity index (χ0) is 18.7. The van der Waals surface area contributed by atoms with Crippen molar-refractivity contribution in [2.45, 2.75) is 13.0 Å². The van der Waals surface area contributed by atoms with E-state index in [4.69, 9.17) is 0 Å². The van der Waals surface area contributed by atoms with E-state index in [1.807, 2.05) is 6.07 Å². The van der Waals surface area contributed by atoms with Gasteiger partial charge in [0.15, 0.2) is 0 Å². The number of nitrogens with zero attached hydrogens (tertiary/aromatic N) is 2. The second-order valence-corrected chi connectivity index (χ2v) is 6.62. The highest BCUT2D eigenvalue weighted by molar-refractivity contribution is 9.10. The summed E-state index contributed by atoms with van der Waals surface area (Å²) in [7, 11) is 0. The number of nitrogens with one attached hydrogen (secondary N) is 1. The van der Waals surface area contributed by atoms with Crippen LogP contribution in [-0.4, -0.2) is 15.7 Å². The number of carbonyl (C=O) groups is 1. The second-order valence-electron chi connectivity index (χ2n) is 5.70. The van der Waals surface area contributed by atoms with Gasteiger partial charge >= 0.3 is 0 Å². The van der Waals surface area contributed by atoms with E-state index in [1.54, 1.807) is 37.3 Å². The van der Waals surface area contributed by atoms with Crippen LogP contribution in [0.15, 0.2) is 69.9 Å². The molecule has 0 aliphatic rings. The third-order valence-corrected chi connectivity index (χ3v) is 4.22. The zero-order valence-corrected chi connectivity index (χ0v) is 15.4.